The number of hydrogen-bond donors (Lipinski definition) is 1. The van der Waals surface area contributed by atoms with Crippen molar-refractivity contribution in [1.82, 2.24) is 0 Å². The van der Waals surface area contributed by atoms with Gasteiger partial charge in [0.15, 0.2) is 0 Å². The van der Waals surface area contributed by atoms with Crippen LogP contribution in [0.25, 0.3) is 0 Å². The molecule has 1 aromatic rings. The molecule has 90 valence electrons. The largest absolute Gasteiger partial charge is 0.367 e. The molecule has 0 radical (unpaired) electrons. The van der Waals surface area contributed by atoms with Crippen LogP contribution in [0.1, 0.15) is 39.3 Å². The van der Waals surface area contributed by atoms with Gasteiger partial charge in [-0.2, -0.15) is 0 Å². The van der Waals surface area contributed by atoms with E-state index in [2.05, 4.69) is 13.8 Å². The van der Waals surface area contributed by atoms with Crippen LogP contribution in [0.2, 0.25) is 0 Å². The van der Waals surface area contributed by atoms with Crippen molar-refractivity contribution in [3.8, 4) is 0 Å². The van der Waals surface area contributed by atoms with Gasteiger partial charge in [-0.15, -0.1) is 0 Å². The molecule has 1 aromatic carbocycles. The second kappa shape index (κ2) is 5.30. The summed E-state index contributed by atoms with van der Waals surface area (Å²) in [6.45, 7) is 8.80. The fraction of sp³-hybridized carbons (Fsp3) is 0.538. The molecule has 0 spiro atoms. The Balaban J connectivity index is 3.06. The zero-order valence-corrected chi connectivity index (χ0v) is 10.5. The van der Waals surface area contributed by atoms with Gasteiger partial charge in [-0.1, -0.05) is 6.07 Å². The summed E-state index contributed by atoms with van der Waals surface area (Å²) in [4.78, 5) is 2.03. The zero-order chi connectivity index (χ0) is 12.3. The first kappa shape index (κ1) is 13.0. The summed E-state index contributed by atoms with van der Waals surface area (Å²) in [6.07, 6.45) is 0. The maximum Gasteiger partial charge on any atom is 0.146 e. The maximum atomic E-state index is 13.9. The summed E-state index contributed by atoms with van der Waals surface area (Å²) in [5, 5.41) is 0. The zero-order valence-electron chi connectivity index (χ0n) is 10.5. The summed E-state index contributed by atoms with van der Waals surface area (Å²) in [5.41, 5.74) is 7.21. The molecule has 2 N–H and O–H groups in total. The Morgan fingerprint density at radius 3 is 2.31 bits per heavy atom. The highest BCUT2D eigenvalue weighted by molar-refractivity contribution is 5.50. The van der Waals surface area contributed by atoms with Gasteiger partial charge in [0.25, 0.3) is 0 Å². The Hall–Kier alpha value is -1.09. The second-order valence-electron chi connectivity index (χ2n) is 4.38. The van der Waals surface area contributed by atoms with E-state index in [1.165, 1.54) is 6.07 Å². The molecule has 1 atom stereocenters. The fourth-order valence-electron chi connectivity index (χ4n) is 1.85. The predicted octanol–water partition coefficient (Wildman–Crippen LogP) is 3.08. The predicted molar refractivity (Wildman–Crippen MR) is 67.2 cm³/mol. The van der Waals surface area contributed by atoms with Crippen LogP contribution in [0.15, 0.2) is 18.2 Å². The van der Waals surface area contributed by atoms with E-state index in [1.54, 1.807) is 0 Å². The molecule has 3 heteroatoms. The van der Waals surface area contributed by atoms with Crippen molar-refractivity contribution in [2.24, 2.45) is 5.73 Å². The molecule has 16 heavy (non-hydrogen) atoms. The lowest BCUT2D eigenvalue weighted by Gasteiger charge is -2.28. The van der Waals surface area contributed by atoms with Gasteiger partial charge in [0, 0.05) is 18.6 Å². The van der Waals surface area contributed by atoms with E-state index in [9.17, 15) is 4.39 Å². The van der Waals surface area contributed by atoms with Crippen LogP contribution >= 0.6 is 0 Å². The first-order valence-electron chi connectivity index (χ1n) is 5.79. The molecular weight excluding hydrogens is 203 g/mol. The maximum absolute atomic E-state index is 13.9. The summed E-state index contributed by atoms with van der Waals surface area (Å²) >= 11 is 0. The average molecular weight is 224 g/mol. The van der Waals surface area contributed by atoms with Crippen molar-refractivity contribution >= 4 is 5.69 Å². The topological polar surface area (TPSA) is 29.3 Å². The lowest BCUT2D eigenvalue weighted by Crippen LogP contribution is -2.31. The Kier molecular flexibility index (Phi) is 4.30. The molecule has 0 aliphatic carbocycles. The third kappa shape index (κ3) is 2.73. The molecule has 1 rings (SSSR count). The van der Waals surface area contributed by atoms with Gasteiger partial charge in [0.05, 0.1) is 5.69 Å². The molecule has 0 bridgehead atoms. The average Bonchev–Trinajstić information content (AvgIpc) is 2.20. The number of anilines is 1. The van der Waals surface area contributed by atoms with E-state index in [0.29, 0.717) is 11.7 Å². The molecule has 0 aliphatic rings. The van der Waals surface area contributed by atoms with Crippen molar-refractivity contribution < 1.29 is 4.39 Å². The molecule has 2 nitrogen and oxygen atoms in total. The van der Waals surface area contributed by atoms with Crippen molar-refractivity contribution in [1.29, 1.82) is 0 Å². The molecule has 0 saturated heterocycles. The summed E-state index contributed by atoms with van der Waals surface area (Å²) < 4.78 is 13.9. The normalized spacial score (nSPS) is 12.9. The van der Waals surface area contributed by atoms with Crippen molar-refractivity contribution in [2.45, 2.75) is 39.8 Å². The lowest BCUT2D eigenvalue weighted by atomic mass is 10.1. The van der Waals surface area contributed by atoms with Gasteiger partial charge in [0.1, 0.15) is 5.82 Å². The van der Waals surface area contributed by atoms with Crippen LogP contribution < -0.4 is 10.6 Å². The third-order valence-corrected chi connectivity index (χ3v) is 2.77. The fourth-order valence-corrected chi connectivity index (χ4v) is 1.85. The number of rotatable bonds is 4. The van der Waals surface area contributed by atoms with Crippen LogP contribution in [-0.4, -0.2) is 12.6 Å². The highest BCUT2D eigenvalue weighted by Crippen LogP contribution is 2.24. The van der Waals surface area contributed by atoms with Crippen LogP contribution in [0, 0.1) is 5.82 Å². The lowest BCUT2D eigenvalue weighted by molar-refractivity contribution is 0.600. The standard InChI is InChI=1S/C13H21FN2/c1-5-16(9(2)3)13-7-6-11(10(4)15)8-12(13)14/h6-10H,5,15H2,1-4H3. The number of nitrogens with two attached hydrogens (primary N) is 1. The van der Waals surface area contributed by atoms with Gasteiger partial charge >= 0.3 is 0 Å². The first-order valence-corrected chi connectivity index (χ1v) is 5.79. The van der Waals surface area contributed by atoms with Crippen molar-refractivity contribution in [3.63, 3.8) is 0 Å². The highest BCUT2D eigenvalue weighted by Gasteiger charge is 2.14. The molecule has 0 aliphatic heterocycles. The van der Waals surface area contributed by atoms with Gasteiger partial charge in [0.2, 0.25) is 0 Å². The Bertz CT molecular complexity index is 348. The van der Waals surface area contributed by atoms with E-state index in [0.717, 1.165) is 12.1 Å². The van der Waals surface area contributed by atoms with Gasteiger partial charge in [-0.3, -0.25) is 0 Å². The van der Waals surface area contributed by atoms with Crippen molar-refractivity contribution in [2.75, 3.05) is 11.4 Å². The summed E-state index contributed by atoms with van der Waals surface area (Å²) in [7, 11) is 0. The third-order valence-electron chi connectivity index (χ3n) is 2.77. The molecule has 0 aromatic heterocycles. The van der Waals surface area contributed by atoms with Gasteiger partial charge in [-0.05, 0) is 45.4 Å². The minimum absolute atomic E-state index is 0.127. The SMILES string of the molecule is CCN(c1ccc(C(C)N)cc1F)C(C)C. The molecule has 1 unspecified atom stereocenters. The van der Waals surface area contributed by atoms with Crippen LogP contribution in [0.4, 0.5) is 10.1 Å². The highest BCUT2D eigenvalue weighted by atomic mass is 19.1. The van der Waals surface area contributed by atoms with E-state index in [1.807, 2.05) is 30.9 Å². The van der Waals surface area contributed by atoms with E-state index < -0.39 is 0 Å². The van der Waals surface area contributed by atoms with E-state index >= 15 is 0 Å². The summed E-state index contributed by atoms with van der Waals surface area (Å²) in [6, 6.07) is 5.41. The van der Waals surface area contributed by atoms with E-state index in [4.69, 9.17) is 5.73 Å². The van der Waals surface area contributed by atoms with Gasteiger partial charge < -0.3 is 10.6 Å². The minimum Gasteiger partial charge on any atom is -0.367 e. The number of benzene rings is 1. The monoisotopic (exact) mass is 224 g/mol. The minimum atomic E-state index is -0.189. The first-order chi connectivity index (χ1) is 7.47. The number of hydrogen-bond acceptors (Lipinski definition) is 2. The van der Waals surface area contributed by atoms with Crippen LogP contribution in [-0.2, 0) is 0 Å². The Morgan fingerprint density at radius 1 is 1.31 bits per heavy atom. The molecule has 0 amide bonds. The van der Waals surface area contributed by atoms with Crippen LogP contribution in [0.5, 0.6) is 0 Å². The molecule has 0 fully saturated rings. The quantitative estimate of drug-likeness (QED) is 0.851. The number of halogens is 1. The Labute approximate surface area is 97.3 Å². The van der Waals surface area contributed by atoms with Crippen LogP contribution in [0.3, 0.4) is 0 Å². The molecular formula is C13H21FN2. The van der Waals surface area contributed by atoms with Gasteiger partial charge in [-0.25, -0.2) is 4.39 Å². The second-order valence-corrected chi connectivity index (χ2v) is 4.38. The molecule has 0 saturated carbocycles. The van der Waals surface area contributed by atoms with Crippen molar-refractivity contribution in [3.05, 3.63) is 29.6 Å². The summed E-state index contributed by atoms with van der Waals surface area (Å²) in [5.74, 6) is -0.189. The smallest absolute Gasteiger partial charge is 0.146 e. The molecule has 0 heterocycles. The number of nitrogens with zero attached hydrogens (tertiary/aromatic N) is 1. The Morgan fingerprint density at radius 2 is 1.94 bits per heavy atom. The van der Waals surface area contributed by atoms with E-state index in [-0.39, 0.29) is 11.9 Å².